The smallest absolute Gasteiger partial charge is 0.295 e. The number of rotatable bonds is 3. The van der Waals surface area contributed by atoms with Crippen molar-refractivity contribution in [1.82, 2.24) is 0 Å². The molecule has 0 fully saturated rings. The maximum absolute atomic E-state index is 10.7. The average molecular weight is 214 g/mol. The van der Waals surface area contributed by atoms with E-state index >= 15 is 0 Å². The minimum absolute atomic E-state index is 0.166. The van der Waals surface area contributed by atoms with Crippen molar-refractivity contribution in [2.24, 2.45) is 0 Å². The Labute approximate surface area is 80.1 Å². The third kappa shape index (κ3) is 2.04. The lowest BCUT2D eigenvalue weighted by Crippen LogP contribution is -2.03. The number of carbonyl (C=O) groups is 2. The minimum Gasteiger partial charge on any atom is -0.298 e. The van der Waals surface area contributed by atoms with Gasteiger partial charge in [-0.3, -0.25) is 14.1 Å². The first-order chi connectivity index (χ1) is 6.49. The van der Waals surface area contributed by atoms with Crippen molar-refractivity contribution in [2.75, 3.05) is 0 Å². The lowest BCUT2D eigenvalue weighted by atomic mass is 10.1. The Morgan fingerprint density at radius 3 is 2.21 bits per heavy atom. The lowest BCUT2D eigenvalue weighted by Gasteiger charge is -2.00. The summed E-state index contributed by atoms with van der Waals surface area (Å²) < 4.78 is 30.1. The molecule has 1 N–H and O–H groups in total. The fourth-order valence-corrected chi connectivity index (χ4v) is 1.61. The zero-order chi connectivity index (χ0) is 10.8. The van der Waals surface area contributed by atoms with Crippen LogP contribution in [-0.4, -0.2) is 25.5 Å². The molecule has 14 heavy (non-hydrogen) atoms. The summed E-state index contributed by atoms with van der Waals surface area (Å²) in [5, 5.41) is 0. The zero-order valence-corrected chi connectivity index (χ0v) is 7.69. The second-order valence-corrected chi connectivity index (χ2v) is 3.90. The number of aldehydes is 2. The maximum atomic E-state index is 10.7. The van der Waals surface area contributed by atoms with Gasteiger partial charge in [0.1, 0.15) is 11.2 Å². The van der Waals surface area contributed by atoms with Crippen molar-refractivity contribution in [2.45, 2.75) is 4.90 Å². The van der Waals surface area contributed by atoms with Crippen LogP contribution in [0.4, 0.5) is 0 Å². The molecule has 0 saturated heterocycles. The molecule has 1 aromatic carbocycles. The van der Waals surface area contributed by atoms with Crippen LogP contribution in [0.15, 0.2) is 23.1 Å². The van der Waals surface area contributed by atoms with Gasteiger partial charge in [0.05, 0.1) is 0 Å². The third-order valence-electron chi connectivity index (χ3n) is 1.57. The fourth-order valence-electron chi connectivity index (χ4n) is 0.967. The minimum atomic E-state index is -4.42. The van der Waals surface area contributed by atoms with E-state index in [0.717, 1.165) is 12.1 Å². The number of carbonyl (C=O) groups excluding carboxylic acids is 2. The van der Waals surface area contributed by atoms with E-state index in [1.807, 2.05) is 0 Å². The molecule has 1 rings (SSSR count). The third-order valence-corrected chi connectivity index (χ3v) is 2.50. The van der Waals surface area contributed by atoms with E-state index in [1.165, 1.54) is 6.07 Å². The Hall–Kier alpha value is -1.53. The van der Waals surface area contributed by atoms with Crippen LogP contribution in [0.25, 0.3) is 0 Å². The fraction of sp³-hybridized carbons (Fsp3) is 0. The molecule has 0 bridgehead atoms. The standard InChI is InChI=1S/C8H6O5S/c9-4-6-1-2-8(14(11,12)13)7(3-6)5-10/h1-5H,(H,11,12,13). The first-order valence-corrected chi connectivity index (χ1v) is 4.95. The van der Waals surface area contributed by atoms with E-state index in [1.54, 1.807) is 0 Å². The van der Waals surface area contributed by atoms with E-state index in [4.69, 9.17) is 4.55 Å². The van der Waals surface area contributed by atoms with E-state index in [9.17, 15) is 18.0 Å². The van der Waals surface area contributed by atoms with Crippen molar-refractivity contribution in [3.8, 4) is 0 Å². The summed E-state index contributed by atoms with van der Waals surface area (Å²) in [6, 6.07) is 3.29. The molecule has 0 spiro atoms. The van der Waals surface area contributed by atoms with Crippen molar-refractivity contribution in [3.63, 3.8) is 0 Å². The highest BCUT2D eigenvalue weighted by atomic mass is 32.2. The molecule has 74 valence electrons. The molecule has 0 aromatic heterocycles. The van der Waals surface area contributed by atoms with Crippen molar-refractivity contribution >= 4 is 22.7 Å². The van der Waals surface area contributed by atoms with Crippen molar-refractivity contribution in [3.05, 3.63) is 29.3 Å². The van der Waals surface area contributed by atoms with Crippen LogP contribution in [0.3, 0.4) is 0 Å². The van der Waals surface area contributed by atoms with Gasteiger partial charge in [-0.25, -0.2) is 0 Å². The molecule has 0 heterocycles. The van der Waals surface area contributed by atoms with Gasteiger partial charge >= 0.3 is 0 Å². The molecule has 0 atom stereocenters. The molecule has 1 aromatic rings. The zero-order valence-electron chi connectivity index (χ0n) is 6.88. The molecule has 5 nitrogen and oxygen atoms in total. The van der Waals surface area contributed by atoms with Gasteiger partial charge in [0, 0.05) is 11.1 Å². The van der Waals surface area contributed by atoms with Gasteiger partial charge in [-0.05, 0) is 12.1 Å². The maximum Gasteiger partial charge on any atom is 0.295 e. The number of hydrogen-bond donors (Lipinski definition) is 1. The normalized spacial score (nSPS) is 10.9. The van der Waals surface area contributed by atoms with Gasteiger partial charge in [0.25, 0.3) is 10.1 Å². The van der Waals surface area contributed by atoms with Crippen LogP contribution in [0, 0.1) is 0 Å². The van der Waals surface area contributed by atoms with Crippen LogP contribution in [0.5, 0.6) is 0 Å². The molecule has 6 heteroatoms. The monoisotopic (exact) mass is 214 g/mol. The van der Waals surface area contributed by atoms with E-state index < -0.39 is 15.0 Å². The van der Waals surface area contributed by atoms with Crippen molar-refractivity contribution in [1.29, 1.82) is 0 Å². The Kier molecular flexibility index (Phi) is 2.78. The van der Waals surface area contributed by atoms with Crippen LogP contribution < -0.4 is 0 Å². The second-order valence-electron chi connectivity index (χ2n) is 2.51. The second kappa shape index (κ2) is 3.69. The molecule has 0 aliphatic rings. The van der Waals surface area contributed by atoms with Gasteiger partial charge < -0.3 is 0 Å². The Bertz CT molecular complexity index is 475. The SMILES string of the molecule is O=Cc1ccc(S(=O)(=O)O)c(C=O)c1. The molecule has 0 aliphatic carbocycles. The van der Waals surface area contributed by atoms with Crippen LogP contribution in [0.1, 0.15) is 20.7 Å². The largest absolute Gasteiger partial charge is 0.298 e. The Morgan fingerprint density at radius 1 is 1.14 bits per heavy atom. The number of benzene rings is 1. The quantitative estimate of drug-likeness (QED) is 0.586. The van der Waals surface area contributed by atoms with Crippen LogP contribution >= 0.6 is 0 Å². The Morgan fingerprint density at radius 2 is 1.79 bits per heavy atom. The highest BCUT2D eigenvalue weighted by Gasteiger charge is 2.14. The Balaban J connectivity index is 3.47. The molecule has 0 amide bonds. The number of hydrogen-bond acceptors (Lipinski definition) is 4. The van der Waals surface area contributed by atoms with Gasteiger partial charge in [-0.2, -0.15) is 8.42 Å². The van der Waals surface area contributed by atoms with E-state index in [2.05, 4.69) is 0 Å². The summed E-state index contributed by atoms with van der Waals surface area (Å²) in [5.41, 5.74) is -0.0726. The van der Waals surface area contributed by atoms with Crippen molar-refractivity contribution < 1.29 is 22.6 Å². The predicted molar refractivity (Wildman–Crippen MR) is 47.0 cm³/mol. The highest BCUT2D eigenvalue weighted by molar-refractivity contribution is 7.86. The highest BCUT2D eigenvalue weighted by Crippen LogP contribution is 2.14. The lowest BCUT2D eigenvalue weighted by molar-refractivity contribution is 0.112. The van der Waals surface area contributed by atoms with E-state index in [-0.39, 0.29) is 17.4 Å². The van der Waals surface area contributed by atoms with Gasteiger partial charge in [0.2, 0.25) is 0 Å². The summed E-state index contributed by atoms with van der Waals surface area (Å²) in [7, 11) is -4.42. The average Bonchev–Trinajstić information content (AvgIpc) is 2.15. The topological polar surface area (TPSA) is 88.5 Å². The molecule has 0 radical (unpaired) electrons. The molecule has 0 saturated carbocycles. The molecular weight excluding hydrogens is 208 g/mol. The first-order valence-electron chi connectivity index (χ1n) is 3.51. The molecule has 0 unspecified atom stereocenters. The van der Waals surface area contributed by atoms with Crippen LogP contribution in [-0.2, 0) is 10.1 Å². The predicted octanol–water partition coefficient (Wildman–Crippen LogP) is 0.558. The van der Waals surface area contributed by atoms with Gasteiger partial charge in [-0.15, -0.1) is 0 Å². The first kappa shape index (κ1) is 10.6. The summed E-state index contributed by atoms with van der Waals surface area (Å²) in [6.07, 6.45) is 0.733. The summed E-state index contributed by atoms with van der Waals surface area (Å²) in [5.74, 6) is 0. The van der Waals surface area contributed by atoms with Gasteiger partial charge in [0.15, 0.2) is 6.29 Å². The van der Waals surface area contributed by atoms with Gasteiger partial charge in [-0.1, -0.05) is 6.07 Å². The molecular formula is C8H6O5S. The summed E-state index contributed by atoms with van der Waals surface area (Å²) in [6.45, 7) is 0. The molecule has 0 aliphatic heterocycles. The summed E-state index contributed by atoms with van der Waals surface area (Å²) in [4.78, 5) is 20.3. The van der Waals surface area contributed by atoms with Crippen LogP contribution in [0.2, 0.25) is 0 Å². The van der Waals surface area contributed by atoms with E-state index in [0.29, 0.717) is 6.29 Å². The summed E-state index contributed by atoms with van der Waals surface area (Å²) >= 11 is 0.